The van der Waals surface area contributed by atoms with Crippen molar-refractivity contribution in [3.8, 4) is 0 Å². The van der Waals surface area contributed by atoms with Crippen molar-refractivity contribution in [2.24, 2.45) is 5.73 Å². The number of nitro groups is 1. The molecule has 1 aliphatic rings. The quantitative estimate of drug-likeness (QED) is 0.598. The summed E-state index contributed by atoms with van der Waals surface area (Å²) in [4.78, 5) is 10.2. The van der Waals surface area contributed by atoms with Gasteiger partial charge < -0.3 is 5.73 Å². The smallest absolute Gasteiger partial charge is 0.275 e. The maximum Gasteiger partial charge on any atom is 0.275 e. The number of nitrogens with one attached hydrogen (secondary N) is 1. The van der Waals surface area contributed by atoms with E-state index in [2.05, 4.69) is 4.72 Å². The van der Waals surface area contributed by atoms with Gasteiger partial charge in [0, 0.05) is 23.7 Å². The Bertz CT molecular complexity index is 703. The van der Waals surface area contributed by atoms with Crippen molar-refractivity contribution >= 4 is 39.7 Å². The van der Waals surface area contributed by atoms with E-state index in [0.717, 1.165) is 18.9 Å². The van der Waals surface area contributed by atoms with Gasteiger partial charge in [0.05, 0.1) is 14.8 Å². The summed E-state index contributed by atoms with van der Waals surface area (Å²) >= 11 is 5.93. The maximum atomic E-state index is 12.5. The van der Waals surface area contributed by atoms with E-state index in [1.807, 2.05) is 0 Å². The minimum atomic E-state index is -3.93. The Morgan fingerprint density at radius 1 is 1.39 bits per heavy atom. The van der Waals surface area contributed by atoms with Gasteiger partial charge in [-0.2, -0.15) is 0 Å². The van der Waals surface area contributed by atoms with Crippen LogP contribution in [-0.2, 0) is 10.0 Å². The van der Waals surface area contributed by atoms with Crippen molar-refractivity contribution < 1.29 is 13.3 Å². The predicted molar refractivity (Wildman–Crippen MR) is 90.7 cm³/mol. The highest BCUT2D eigenvalue weighted by molar-refractivity contribution is 7.89. The lowest BCUT2D eigenvalue weighted by atomic mass is 10.0. The van der Waals surface area contributed by atoms with Gasteiger partial charge in [-0.3, -0.25) is 10.1 Å². The van der Waals surface area contributed by atoms with E-state index >= 15 is 0 Å². The summed E-state index contributed by atoms with van der Waals surface area (Å²) in [5.41, 5.74) is 4.97. The summed E-state index contributed by atoms with van der Waals surface area (Å²) in [7, 11) is -3.93. The molecule has 0 spiro atoms. The number of benzene rings is 1. The van der Waals surface area contributed by atoms with Crippen LogP contribution < -0.4 is 10.5 Å². The Kier molecular flexibility index (Phi) is 6.39. The molecular weight excluding hydrogens is 365 g/mol. The van der Waals surface area contributed by atoms with Crippen LogP contribution in [-0.4, -0.2) is 25.4 Å². The van der Waals surface area contributed by atoms with Gasteiger partial charge in [-0.25, -0.2) is 13.1 Å². The van der Waals surface area contributed by atoms with Crippen LogP contribution in [0.3, 0.4) is 0 Å². The van der Waals surface area contributed by atoms with Crippen molar-refractivity contribution in [1.29, 1.82) is 0 Å². The number of nitrogens with two attached hydrogens (primary N) is 1. The molecule has 3 N–H and O–H groups in total. The third kappa shape index (κ3) is 4.13. The number of rotatable bonds is 5. The normalized spacial score (nSPS) is 16.8. The van der Waals surface area contributed by atoms with E-state index in [1.165, 1.54) is 13.0 Å². The molecule has 0 saturated heterocycles. The Morgan fingerprint density at radius 3 is 2.43 bits per heavy atom. The molecule has 10 heteroatoms. The molecule has 130 valence electrons. The number of nitrogens with zero attached hydrogens (tertiary/aromatic N) is 1. The van der Waals surface area contributed by atoms with Gasteiger partial charge in [-0.1, -0.05) is 24.4 Å². The second-order valence-corrected chi connectivity index (χ2v) is 7.69. The first-order chi connectivity index (χ1) is 10.2. The molecule has 0 amide bonds. The van der Waals surface area contributed by atoms with E-state index in [9.17, 15) is 18.5 Å². The highest BCUT2D eigenvalue weighted by atomic mass is 35.5. The molecule has 1 aliphatic carbocycles. The molecule has 0 aliphatic heterocycles. The molecule has 0 bridgehead atoms. The van der Waals surface area contributed by atoms with Crippen LogP contribution in [0.5, 0.6) is 0 Å². The summed E-state index contributed by atoms with van der Waals surface area (Å²) < 4.78 is 27.7. The molecule has 0 aromatic heterocycles. The topological polar surface area (TPSA) is 115 Å². The Balaban J connectivity index is 0.00000264. The average molecular weight is 384 g/mol. The van der Waals surface area contributed by atoms with E-state index in [-0.39, 0.29) is 40.1 Å². The van der Waals surface area contributed by atoms with E-state index in [1.54, 1.807) is 0 Å². The maximum absolute atomic E-state index is 12.5. The zero-order valence-electron chi connectivity index (χ0n) is 12.5. The molecule has 1 aromatic carbocycles. The number of hydrogen-bond donors (Lipinski definition) is 2. The third-order valence-electron chi connectivity index (χ3n) is 4.10. The highest BCUT2D eigenvalue weighted by Crippen LogP contribution is 2.33. The fraction of sp³-hybridized carbons (Fsp3) is 0.538. The van der Waals surface area contributed by atoms with Crippen LogP contribution in [0.15, 0.2) is 17.0 Å². The summed E-state index contributed by atoms with van der Waals surface area (Å²) in [6.07, 6.45) is 3.11. The lowest BCUT2D eigenvalue weighted by molar-refractivity contribution is -0.385. The lowest BCUT2D eigenvalue weighted by Crippen LogP contribution is -2.51. The Morgan fingerprint density at radius 2 is 1.96 bits per heavy atom. The Labute approximate surface area is 146 Å². The van der Waals surface area contributed by atoms with Crippen molar-refractivity contribution in [3.63, 3.8) is 0 Å². The minimum absolute atomic E-state index is 0. The summed E-state index contributed by atoms with van der Waals surface area (Å²) in [6.45, 7) is 1.66. The van der Waals surface area contributed by atoms with E-state index < -0.39 is 20.5 Å². The monoisotopic (exact) mass is 383 g/mol. The van der Waals surface area contributed by atoms with Gasteiger partial charge in [0.15, 0.2) is 0 Å². The average Bonchev–Trinajstić information content (AvgIpc) is 2.89. The fourth-order valence-corrected chi connectivity index (χ4v) is 4.52. The van der Waals surface area contributed by atoms with Gasteiger partial charge >= 0.3 is 0 Å². The molecule has 0 radical (unpaired) electrons. The van der Waals surface area contributed by atoms with Crippen LogP contribution in [0.4, 0.5) is 5.69 Å². The van der Waals surface area contributed by atoms with Crippen molar-refractivity contribution in [2.45, 2.75) is 43.0 Å². The molecule has 1 aromatic rings. The molecule has 7 nitrogen and oxygen atoms in total. The second-order valence-electron chi connectivity index (χ2n) is 5.60. The highest BCUT2D eigenvalue weighted by Gasteiger charge is 2.37. The lowest BCUT2D eigenvalue weighted by Gasteiger charge is -2.28. The van der Waals surface area contributed by atoms with Gasteiger partial charge in [-0.15, -0.1) is 12.4 Å². The van der Waals surface area contributed by atoms with Gasteiger partial charge in [-0.05, 0) is 25.8 Å². The van der Waals surface area contributed by atoms with Crippen LogP contribution >= 0.6 is 24.0 Å². The van der Waals surface area contributed by atoms with E-state index in [0.29, 0.717) is 12.8 Å². The van der Waals surface area contributed by atoms with Crippen molar-refractivity contribution in [1.82, 2.24) is 4.72 Å². The van der Waals surface area contributed by atoms with Crippen molar-refractivity contribution in [2.75, 3.05) is 6.54 Å². The molecule has 23 heavy (non-hydrogen) atoms. The minimum Gasteiger partial charge on any atom is -0.329 e. The first-order valence-electron chi connectivity index (χ1n) is 6.89. The van der Waals surface area contributed by atoms with Gasteiger partial charge in [0.1, 0.15) is 0 Å². The third-order valence-corrected chi connectivity index (χ3v) is 6.05. The second kappa shape index (κ2) is 7.31. The Hall–Kier alpha value is -0.930. The molecule has 0 atom stereocenters. The SMILES string of the molecule is Cc1c(Cl)cc(S(=O)(=O)NC2(CN)CCCC2)cc1[N+](=O)[O-].Cl. The van der Waals surface area contributed by atoms with Crippen LogP contribution in [0.25, 0.3) is 0 Å². The van der Waals surface area contributed by atoms with E-state index in [4.69, 9.17) is 17.3 Å². The molecule has 2 rings (SSSR count). The zero-order chi connectivity index (χ0) is 16.5. The van der Waals surface area contributed by atoms with Gasteiger partial charge in [0.2, 0.25) is 10.0 Å². The summed E-state index contributed by atoms with van der Waals surface area (Å²) in [5.74, 6) is 0. The van der Waals surface area contributed by atoms with Crippen LogP contribution in [0.2, 0.25) is 5.02 Å². The van der Waals surface area contributed by atoms with Crippen LogP contribution in [0.1, 0.15) is 31.2 Å². The first kappa shape index (κ1) is 20.1. The largest absolute Gasteiger partial charge is 0.329 e. The number of sulfonamides is 1. The predicted octanol–water partition coefficient (Wildman–Crippen LogP) is 2.53. The molecule has 1 saturated carbocycles. The summed E-state index contributed by atoms with van der Waals surface area (Å²) in [6, 6.07) is 2.26. The summed E-state index contributed by atoms with van der Waals surface area (Å²) in [5, 5.41) is 11.1. The van der Waals surface area contributed by atoms with Crippen LogP contribution in [0, 0.1) is 17.0 Å². The molecule has 0 heterocycles. The number of halogens is 2. The first-order valence-corrected chi connectivity index (χ1v) is 8.75. The van der Waals surface area contributed by atoms with Gasteiger partial charge in [0.25, 0.3) is 5.69 Å². The standard InChI is InChI=1S/C13H18ClN3O4S.ClH/c1-9-11(14)6-10(7-12(9)17(18)19)22(20,21)16-13(8-15)4-2-3-5-13;/h6-7,16H,2-5,8,15H2,1H3;1H. The fourth-order valence-electron chi connectivity index (χ4n) is 2.73. The molecular formula is C13H19Cl2N3O4S. The zero-order valence-corrected chi connectivity index (χ0v) is 14.9. The van der Waals surface area contributed by atoms with Crippen molar-refractivity contribution in [3.05, 3.63) is 32.8 Å². The molecule has 1 fully saturated rings. The molecule has 0 unspecified atom stereocenters. The number of nitro benzene ring substituents is 1. The number of hydrogen-bond acceptors (Lipinski definition) is 5.